The van der Waals surface area contributed by atoms with Crippen LogP contribution in [0.2, 0.25) is 10.0 Å². The first-order valence-electron chi connectivity index (χ1n) is 10.4. The highest BCUT2D eigenvalue weighted by atomic mass is 79.9. The fourth-order valence-electron chi connectivity index (χ4n) is 3.16. The molecule has 0 saturated heterocycles. The second-order valence-corrected chi connectivity index (χ2v) is 9.87. The predicted octanol–water partition coefficient (Wildman–Crippen LogP) is 8.01. The normalized spacial score (nSPS) is 11.2. The van der Waals surface area contributed by atoms with E-state index in [0.29, 0.717) is 43.8 Å². The maximum absolute atomic E-state index is 12.5. The van der Waals surface area contributed by atoms with Gasteiger partial charge in [-0.2, -0.15) is 5.10 Å². The fourth-order valence-corrected chi connectivity index (χ4v) is 4.29. The molecule has 0 unspecified atom stereocenters. The molecule has 1 N–H and O–H groups in total. The molecular formula is C25H18Br2Cl2N2O4. The summed E-state index contributed by atoms with van der Waals surface area (Å²) in [5, 5.41) is 5.82. The average molecular weight is 641 g/mol. The van der Waals surface area contributed by atoms with Gasteiger partial charge in [0.05, 0.1) is 22.9 Å². The molecule has 0 aliphatic rings. The smallest absolute Gasteiger partial charge is 0.307 e. The van der Waals surface area contributed by atoms with Crippen LogP contribution < -0.4 is 14.9 Å². The van der Waals surface area contributed by atoms with Crippen molar-refractivity contribution in [2.75, 3.05) is 6.61 Å². The van der Waals surface area contributed by atoms with Gasteiger partial charge in [-0.05, 0) is 76.9 Å². The third kappa shape index (κ3) is 6.38. The molecule has 6 nitrogen and oxygen atoms in total. The van der Waals surface area contributed by atoms with Crippen molar-refractivity contribution in [3.63, 3.8) is 0 Å². The lowest BCUT2D eigenvalue weighted by atomic mass is 10.2. The summed E-state index contributed by atoms with van der Waals surface area (Å²) in [6, 6.07) is 16.0. The van der Waals surface area contributed by atoms with E-state index in [9.17, 15) is 4.79 Å². The first-order valence-corrected chi connectivity index (χ1v) is 12.7. The summed E-state index contributed by atoms with van der Waals surface area (Å²) in [6.07, 6.45) is 1.51. The van der Waals surface area contributed by atoms with Crippen LogP contribution in [0.1, 0.15) is 28.6 Å². The molecule has 0 spiro atoms. The third-order valence-electron chi connectivity index (χ3n) is 4.81. The fraction of sp³-hybridized carbons (Fsp3) is 0.120. The van der Waals surface area contributed by atoms with Crippen LogP contribution in [-0.2, 0) is 6.61 Å². The summed E-state index contributed by atoms with van der Waals surface area (Å²) in [6.45, 7) is 2.60. The quantitative estimate of drug-likeness (QED) is 0.156. The third-order valence-corrected chi connectivity index (χ3v) is 6.73. The first kappa shape index (κ1) is 25.6. The molecule has 1 heterocycles. The monoisotopic (exact) mass is 638 g/mol. The van der Waals surface area contributed by atoms with E-state index in [1.807, 2.05) is 25.1 Å². The molecule has 1 amide bonds. The number of halogens is 4. The number of carbonyl (C=O) groups excluding carboxylic acids is 1. The molecule has 0 bridgehead atoms. The van der Waals surface area contributed by atoms with Gasteiger partial charge in [0, 0.05) is 19.9 Å². The topological polar surface area (TPSA) is 73.1 Å². The number of fused-ring (bicyclic) bond motifs is 1. The lowest BCUT2D eigenvalue weighted by Crippen LogP contribution is -2.16. The van der Waals surface area contributed by atoms with Gasteiger partial charge in [0.2, 0.25) is 0 Å². The van der Waals surface area contributed by atoms with Gasteiger partial charge in [-0.1, -0.05) is 45.2 Å². The molecule has 180 valence electrons. The minimum atomic E-state index is -0.462. The van der Waals surface area contributed by atoms with E-state index < -0.39 is 5.91 Å². The van der Waals surface area contributed by atoms with Crippen LogP contribution in [0.25, 0.3) is 11.0 Å². The zero-order valence-corrected chi connectivity index (χ0v) is 23.0. The van der Waals surface area contributed by atoms with Crippen LogP contribution in [0, 0.1) is 0 Å². The second kappa shape index (κ2) is 11.5. The summed E-state index contributed by atoms with van der Waals surface area (Å²) in [4.78, 5) is 12.5. The summed E-state index contributed by atoms with van der Waals surface area (Å²) < 4.78 is 18.9. The number of benzene rings is 3. The van der Waals surface area contributed by atoms with Gasteiger partial charge < -0.3 is 13.9 Å². The Morgan fingerprint density at radius 3 is 2.60 bits per heavy atom. The average Bonchev–Trinajstić information content (AvgIpc) is 3.25. The van der Waals surface area contributed by atoms with Gasteiger partial charge in [0.1, 0.15) is 12.2 Å². The number of hydrazone groups is 1. The van der Waals surface area contributed by atoms with E-state index in [2.05, 4.69) is 42.4 Å². The van der Waals surface area contributed by atoms with Crippen molar-refractivity contribution in [3.05, 3.63) is 90.5 Å². The van der Waals surface area contributed by atoms with Crippen LogP contribution in [0.3, 0.4) is 0 Å². The van der Waals surface area contributed by atoms with Crippen molar-refractivity contribution in [3.8, 4) is 11.5 Å². The Labute approximate surface area is 228 Å². The molecule has 0 aliphatic heterocycles. The van der Waals surface area contributed by atoms with Crippen LogP contribution in [-0.4, -0.2) is 18.7 Å². The van der Waals surface area contributed by atoms with Gasteiger partial charge in [0.25, 0.3) is 0 Å². The highest BCUT2D eigenvalue weighted by Crippen LogP contribution is 2.34. The zero-order valence-electron chi connectivity index (χ0n) is 18.3. The molecule has 3 aromatic carbocycles. The summed E-state index contributed by atoms with van der Waals surface area (Å²) in [5.41, 5.74) is 4.64. The molecule has 0 aliphatic carbocycles. The number of nitrogens with one attached hydrogen (secondary N) is 1. The maximum Gasteiger partial charge on any atom is 0.307 e. The van der Waals surface area contributed by atoms with Crippen LogP contribution in [0.5, 0.6) is 11.5 Å². The van der Waals surface area contributed by atoms with E-state index in [1.54, 1.807) is 36.4 Å². The Morgan fingerprint density at radius 1 is 1.03 bits per heavy atom. The van der Waals surface area contributed by atoms with E-state index >= 15 is 0 Å². The zero-order chi connectivity index (χ0) is 24.9. The summed E-state index contributed by atoms with van der Waals surface area (Å²) in [5.74, 6) is 0.775. The van der Waals surface area contributed by atoms with Crippen molar-refractivity contribution in [2.45, 2.75) is 13.5 Å². The maximum atomic E-state index is 12.5. The summed E-state index contributed by atoms with van der Waals surface area (Å²) >= 11 is 19.0. The van der Waals surface area contributed by atoms with E-state index in [-0.39, 0.29) is 12.4 Å². The molecule has 0 fully saturated rings. The standard InChI is InChI=1S/C25H18Br2Cl2N2O4/c1-2-33-22-10-16(18(27)11-23(22)34-13-14-3-5-19(28)20(29)7-14)12-30-31-25(32)24-9-15-8-17(26)4-6-21(15)35-24/h3-12H,2,13H2,1H3,(H,31,32)/b30-12+. The predicted molar refractivity (Wildman–Crippen MR) is 145 cm³/mol. The second-order valence-electron chi connectivity index (χ2n) is 7.28. The van der Waals surface area contributed by atoms with E-state index in [0.717, 1.165) is 15.4 Å². The van der Waals surface area contributed by atoms with Gasteiger partial charge in [0.15, 0.2) is 17.3 Å². The number of hydrogen-bond acceptors (Lipinski definition) is 5. The molecular weight excluding hydrogens is 623 g/mol. The lowest BCUT2D eigenvalue weighted by molar-refractivity contribution is 0.0929. The number of amides is 1. The highest BCUT2D eigenvalue weighted by Gasteiger charge is 2.13. The molecule has 4 aromatic rings. The van der Waals surface area contributed by atoms with Gasteiger partial charge in [-0.3, -0.25) is 4.79 Å². The molecule has 0 saturated carbocycles. The van der Waals surface area contributed by atoms with Crippen LogP contribution in [0.15, 0.2) is 73.1 Å². The lowest BCUT2D eigenvalue weighted by Gasteiger charge is -2.14. The van der Waals surface area contributed by atoms with E-state index in [4.69, 9.17) is 37.1 Å². The van der Waals surface area contributed by atoms with Crippen molar-refractivity contribution in [1.29, 1.82) is 0 Å². The molecule has 10 heteroatoms. The Hall–Kier alpha value is -2.52. The van der Waals surface area contributed by atoms with Crippen molar-refractivity contribution in [1.82, 2.24) is 5.43 Å². The number of furan rings is 1. The first-order chi connectivity index (χ1) is 16.8. The van der Waals surface area contributed by atoms with Gasteiger partial charge in [-0.15, -0.1) is 0 Å². The number of nitrogens with zero attached hydrogens (tertiary/aromatic N) is 1. The SMILES string of the molecule is CCOc1cc(/C=N/NC(=O)c2cc3cc(Br)ccc3o2)c(Br)cc1OCc1ccc(Cl)c(Cl)c1. The van der Waals surface area contributed by atoms with Crippen molar-refractivity contribution >= 4 is 78.2 Å². The Kier molecular flexibility index (Phi) is 8.38. The Balaban J connectivity index is 1.47. The molecule has 0 radical (unpaired) electrons. The number of hydrogen-bond donors (Lipinski definition) is 1. The molecule has 4 rings (SSSR count). The van der Waals surface area contributed by atoms with E-state index in [1.165, 1.54) is 6.21 Å². The summed E-state index contributed by atoms with van der Waals surface area (Å²) in [7, 11) is 0. The number of carbonyl (C=O) groups is 1. The minimum absolute atomic E-state index is 0.162. The van der Waals surface area contributed by atoms with Crippen molar-refractivity contribution < 1.29 is 18.7 Å². The minimum Gasteiger partial charge on any atom is -0.490 e. The van der Waals surface area contributed by atoms with Gasteiger partial charge in [-0.25, -0.2) is 5.43 Å². The molecule has 0 atom stereocenters. The Morgan fingerprint density at radius 2 is 1.83 bits per heavy atom. The van der Waals surface area contributed by atoms with Crippen LogP contribution >= 0.6 is 55.1 Å². The van der Waals surface area contributed by atoms with Crippen molar-refractivity contribution in [2.24, 2.45) is 5.10 Å². The van der Waals surface area contributed by atoms with Crippen LogP contribution in [0.4, 0.5) is 0 Å². The largest absolute Gasteiger partial charge is 0.490 e. The Bertz CT molecular complexity index is 1420. The molecule has 35 heavy (non-hydrogen) atoms. The van der Waals surface area contributed by atoms with Gasteiger partial charge >= 0.3 is 5.91 Å². The molecule has 1 aromatic heterocycles. The number of ether oxygens (including phenoxy) is 2. The number of rotatable bonds is 8. The highest BCUT2D eigenvalue weighted by molar-refractivity contribution is 9.10.